The van der Waals surface area contributed by atoms with Crippen LogP contribution in [0.4, 0.5) is 5.95 Å². The summed E-state index contributed by atoms with van der Waals surface area (Å²) >= 11 is 0. The fraction of sp³-hybridized carbons (Fsp3) is 0.750. The number of anilines is 1. The van der Waals surface area contributed by atoms with Gasteiger partial charge in [0, 0.05) is 13.1 Å². The first-order valence-corrected chi connectivity index (χ1v) is 8.29. The Labute approximate surface area is 126 Å². The number of aryl methyl sites for hydroxylation is 3. The molecule has 0 radical (unpaired) electrons. The van der Waals surface area contributed by atoms with E-state index >= 15 is 0 Å². The van der Waals surface area contributed by atoms with Crippen LogP contribution in [-0.2, 0) is 13.1 Å². The molecule has 0 amide bonds. The van der Waals surface area contributed by atoms with Crippen molar-refractivity contribution in [2.75, 3.05) is 5.73 Å². The van der Waals surface area contributed by atoms with Crippen LogP contribution in [0.2, 0.25) is 0 Å². The van der Waals surface area contributed by atoms with Gasteiger partial charge < -0.3 is 5.73 Å². The highest BCUT2D eigenvalue weighted by molar-refractivity contribution is 5.77. The Morgan fingerprint density at radius 1 is 1.33 bits per heavy atom. The Balaban J connectivity index is 1.81. The molecule has 1 saturated carbocycles. The number of rotatable bonds is 4. The Kier molecular flexibility index (Phi) is 3.91. The zero-order valence-corrected chi connectivity index (χ0v) is 13.5. The van der Waals surface area contributed by atoms with Gasteiger partial charge in [-0.2, -0.15) is 5.10 Å². The Morgan fingerprint density at radius 3 is 2.86 bits per heavy atom. The largest absolute Gasteiger partial charge is 0.369 e. The van der Waals surface area contributed by atoms with E-state index in [2.05, 4.69) is 28.5 Å². The zero-order chi connectivity index (χ0) is 15.0. The van der Waals surface area contributed by atoms with E-state index in [1.54, 1.807) is 0 Å². The summed E-state index contributed by atoms with van der Waals surface area (Å²) in [6.07, 6.45) is 6.72. The highest BCUT2D eigenvalue weighted by atomic mass is 15.4. The molecule has 2 heterocycles. The second kappa shape index (κ2) is 5.70. The van der Waals surface area contributed by atoms with E-state index in [-0.39, 0.29) is 0 Å². The van der Waals surface area contributed by atoms with E-state index in [1.165, 1.54) is 32.1 Å². The average molecular weight is 289 g/mol. The maximum atomic E-state index is 6.14. The summed E-state index contributed by atoms with van der Waals surface area (Å²) in [7, 11) is 0. The average Bonchev–Trinajstić information content (AvgIpc) is 2.94. The second-order valence-corrected chi connectivity index (χ2v) is 6.62. The van der Waals surface area contributed by atoms with Gasteiger partial charge in [-0.15, -0.1) is 0 Å². The third-order valence-electron chi connectivity index (χ3n) is 4.93. The Hall–Kier alpha value is -1.52. The molecule has 21 heavy (non-hydrogen) atoms. The molecule has 1 aliphatic carbocycles. The van der Waals surface area contributed by atoms with Crippen molar-refractivity contribution in [3.63, 3.8) is 0 Å². The fourth-order valence-electron chi connectivity index (χ4n) is 3.82. The Morgan fingerprint density at radius 2 is 2.14 bits per heavy atom. The van der Waals surface area contributed by atoms with E-state index in [0.717, 1.165) is 41.8 Å². The number of fused-ring (bicyclic) bond motifs is 1. The quantitative estimate of drug-likeness (QED) is 0.938. The van der Waals surface area contributed by atoms with E-state index in [4.69, 9.17) is 5.73 Å². The monoisotopic (exact) mass is 289 g/mol. The molecule has 2 unspecified atom stereocenters. The minimum Gasteiger partial charge on any atom is -0.369 e. The summed E-state index contributed by atoms with van der Waals surface area (Å²) in [6.45, 7) is 8.32. The standard InChI is InChI=1S/C16H27N5/c1-4-21-15-14(12(3)19-21)18-16(17)20(15)9-8-13-7-5-6-11(2)10-13/h11,13H,4-10H2,1-3H3,(H2,17,18). The molecule has 0 bridgehead atoms. The molecule has 1 fully saturated rings. The predicted octanol–water partition coefficient (Wildman–Crippen LogP) is 3.36. The minimum atomic E-state index is 0.636. The first kappa shape index (κ1) is 14.4. The van der Waals surface area contributed by atoms with Gasteiger partial charge in [0.2, 0.25) is 5.95 Å². The lowest BCUT2D eigenvalue weighted by atomic mass is 9.81. The van der Waals surface area contributed by atoms with Gasteiger partial charge in [-0.1, -0.05) is 26.2 Å². The molecule has 3 rings (SSSR count). The molecule has 1 aliphatic rings. The van der Waals surface area contributed by atoms with Crippen molar-refractivity contribution in [2.45, 2.75) is 66.0 Å². The number of nitrogens with zero attached hydrogens (tertiary/aromatic N) is 4. The molecule has 0 aliphatic heterocycles. The first-order chi connectivity index (χ1) is 10.1. The van der Waals surface area contributed by atoms with Crippen LogP contribution in [-0.4, -0.2) is 19.3 Å². The summed E-state index contributed by atoms with van der Waals surface area (Å²) in [6, 6.07) is 0. The SMILES string of the molecule is CCn1nc(C)c2nc(N)n(CCC3CCCC(C)C3)c21. The van der Waals surface area contributed by atoms with Crippen LogP contribution in [0, 0.1) is 18.8 Å². The summed E-state index contributed by atoms with van der Waals surface area (Å²) in [5.41, 5.74) is 9.18. The van der Waals surface area contributed by atoms with Crippen LogP contribution in [0.1, 0.15) is 51.6 Å². The van der Waals surface area contributed by atoms with Gasteiger partial charge >= 0.3 is 0 Å². The van der Waals surface area contributed by atoms with Gasteiger partial charge in [-0.3, -0.25) is 4.57 Å². The summed E-state index contributed by atoms with van der Waals surface area (Å²) < 4.78 is 4.19. The van der Waals surface area contributed by atoms with Crippen molar-refractivity contribution >= 4 is 17.1 Å². The normalized spacial score (nSPS) is 23.0. The summed E-state index contributed by atoms with van der Waals surface area (Å²) in [4.78, 5) is 4.52. The van der Waals surface area contributed by atoms with Crippen molar-refractivity contribution in [1.82, 2.24) is 19.3 Å². The van der Waals surface area contributed by atoms with Crippen molar-refractivity contribution in [1.29, 1.82) is 0 Å². The molecule has 2 atom stereocenters. The highest BCUT2D eigenvalue weighted by Crippen LogP contribution is 2.32. The van der Waals surface area contributed by atoms with E-state index in [1.807, 2.05) is 11.6 Å². The van der Waals surface area contributed by atoms with Gasteiger partial charge in [0.15, 0.2) is 5.65 Å². The lowest BCUT2D eigenvalue weighted by molar-refractivity contribution is 0.262. The van der Waals surface area contributed by atoms with Gasteiger partial charge in [-0.25, -0.2) is 9.67 Å². The second-order valence-electron chi connectivity index (χ2n) is 6.62. The topological polar surface area (TPSA) is 61.7 Å². The molecule has 2 aromatic heterocycles. The number of aromatic nitrogens is 4. The van der Waals surface area contributed by atoms with Gasteiger partial charge in [0.25, 0.3) is 0 Å². The van der Waals surface area contributed by atoms with Crippen molar-refractivity contribution in [3.05, 3.63) is 5.69 Å². The van der Waals surface area contributed by atoms with Crippen LogP contribution in [0.25, 0.3) is 11.2 Å². The van der Waals surface area contributed by atoms with Crippen LogP contribution in [0.3, 0.4) is 0 Å². The van der Waals surface area contributed by atoms with Crippen LogP contribution < -0.4 is 5.73 Å². The molecular weight excluding hydrogens is 262 g/mol. The van der Waals surface area contributed by atoms with Crippen LogP contribution in [0.5, 0.6) is 0 Å². The van der Waals surface area contributed by atoms with Crippen molar-refractivity contribution in [2.24, 2.45) is 11.8 Å². The van der Waals surface area contributed by atoms with E-state index < -0.39 is 0 Å². The fourth-order valence-corrected chi connectivity index (χ4v) is 3.82. The molecule has 2 N–H and O–H groups in total. The summed E-state index contributed by atoms with van der Waals surface area (Å²) in [5, 5.41) is 4.55. The van der Waals surface area contributed by atoms with Gasteiger partial charge in [0.1, 0.15) is 5.52 Å². The maximum absolute atomic E-state index is 6.14. The molecular formula is C16H27N5. The molecule has 2 aromatic rings. The van der Waals surface area contributed by atoms with Crippen molar-refractivity contribution < 1.29 is 0 Å². The van der Waals surface area contributed by atoms with Crippen LogP contribution >= 0.6 is 0 Å². The highest BCUT2D eigenvalue weighted by Gasteiger charge is 2.21. The molecule has 5 heteroatoms. The van der Waals surface area contributed by atoms with Crippen LogP contribution in [0.15, 0.2) is 0 Å². The molecule has 0 aromatic carbocycles. The molecule has 116 valence electrons. The van der Waals surface area contributed by atoms with Crippen molar-refractivity contribution in [3.8, 4) is 0 Å². The predicted molar refractivity (Wildman–Crippen MR) is 86.1 cm³/mol. The van der Waals surface area contributed by atoms with E-state index in [9.17, 15) is 0 Å². The zero-order valence-electron chi connectivity index (χ0n) is 13.5. The van der Waals surface area contributed by atoms with Gasteiger partial charge in [-0.05, 0) is 38.5 Å². The third kappa shape index (κ3) is 2.65. The molecule has 0 saturated heterocycles. The number of hydrogen-bond donors (Lipinski definition) is 1. The summed E-state index contributed by atoms with van der Waals surface area (Å²) in [5.74, 6) is 2.36. The molecule has 5 nitrogen and oxygen atoms in total. The van der Waals surface area contributed by atoms with Gasteiger partial charge in [0.05, 0.1) is 5.69 Å². The van der Waals surface area contributed by atoms with E-state index in [0.29, 0.717) is 5.95 Å². The smallest absolute Gasteiger partial charge is 0.202 e. The number of nitrogens with two attached hydrogens (primary N) is 1. The number of imidazole rings is 1. The number of nitrogen functional groups attached to an aromatic ring is 1. The minimum absolute atomic E-state index is 0.636. The maximum Gasteiger partial charge on any atom is 0.202 e. The lowest BCUT2D eigenvalue weighted by Crippen LogP contribution is -2.16. The molecule has 0 spiro atoms. The third-order valence-corrected chi connectivity index (χ3v) is 4.93. The first-order valence-electron chi connectivity index (χ1n) is 8.29. The Bertz CT molecular complexity index is 624. The lowest BCUT2D eigenvalue weighted by Gasteiger charge is -2.26. The number of hydrogen-bond acceptors (Lipinski definition) is 3.